The lowest BCUT2D eigenvalue weighted by Gasteiger charge is -1.98. The summed E-state index contributed by atoms with van der Waals surface area (Å²) in [5, 5.41) is 12.9. The highest BCUT2D eigenvalue weighted by molar-refractivity contribution is 5.94. The van der Waals surface area contributed by atoms with Crippen LogP contribution in [0, 0.1) is 0 Å². The maximum Gasteiger partial charge on any atom is 0.271 e. The molecular formula is C16H14N2O2. The van der Waals surface area contributed by atoms with Gasteiger partial charge in [0.2, 0.25) is 0 Å². The molecule has 2 aromatic rings. The summed E-state index contributed by atoms with van der Waals surface area (Å²) in [6, 6.07) is 15.7. The predicted molar refractivity (Wildman–Crippen MR) is 79.5 cm³/mol. The summed E-state index contributed by atoms with van der Waals surface area (Å²) in [5.41, 5.74) is 3.90. The lowest BCUT2D eigenvalue weighted by molar-refractivity contribution is 0.0955. The van der Waals surface area contributed by atoms with Crippen LogP contribution < -0.4 is 5.43 Å². The largest absolute Gasteiger partial charge is 0.508 e. The molecule has 100 valence electrons. The highest BCUT2D eigenvalue weighted by Gasteiger charge is 2.02. The summed E-state index contributed by atoms with van der Waals surface area (Å²) in [5.74, 6) is -0.204. The number of nitrogens with one attached hydrogen (secondary N) is 1. The number of carbonyl (C=O) groups is 1. The van der Waals surface area contributed by atoms with Crippen molar-refractivity contribution < 1.29 is 9.90 Å². The molecule has 0 fully saturated rings. The van der Waals surface area contributed by atoms with Crippen LogP contribution in [0.15, 0.2) is 65.8 Å². The van der Waals surface area contributed by atoms with Crippen molar-refractivity contribution in [1.82, 2.24) is 5.43 Å². The van der Waals surface area contributed by atoms with Gasteiger partial charge in [0.15, 0.2) is 0 Å². The molecule has 1 amide bonds. The van der Waals surface area contributed by atoms with Gasteiger partial charge in [0.25, 0.3) is 5.91 Å². The van der Waals surface area contributed by atoms with Gasteiger partial charge in [-0.3, -0.25) is 4.79 Å². The Hall–Kier alpha value is -2.88. The van der Waals surface area contributed by atoms with E-state index in [0.29, 0.717) is 5.56 Å². The first-order valence-electron chi connectivity index (χ1n) is 6.10. The van der Waals surface area contributed by atoms with E-state index in [1.165, 1.54) is 30.5 Å². The van der Waals surface area contributed by atoms with Crippen molar-refractivity contribution in [2.45, 2.75) is 0 Å². The number of hydrazone groups is 1. The summed E-state index contributed by atoms with van der Waals surface area (Å²) in [6.07, 6.45) is 5.13. The van der Waals surface area contributed by atoms with Gasteiger partial charge in [-0.15, -0.1) is 0 Å². The van der Waals surface area contributed by atoms with Crippen LogP contribution in [0.5, 0.6) is 5.75 Å². The highest BCUT2D eigenvalue weighted by atomic mass is 16.3. The maximum atomic E-state index is 11.7. The first kappa shape index (κ1) is 13.5. The molecule has 2 rings (SSSR count). The third-order valence-electron chi connectivity index (χ3n) is 2.54. The van der Waals surface area contributed by atoms with Gasteiger partial charge in [-0.2, -0.15) is 5.10 Å². The van der Waals surface area contributed by atoms with Crippen molar-refractivity contribution in [1.29, 1.82) is 0 Å². The molecule has 4 heteroatoms. The number of nitrogens with zero attached hydrogens (tertiary/aromatic N) is 1. The number of benzene rings is 2. The van der Waals surface area contributed by atoms with Crippen LogP contribution in [0.25, 0.3) is 6.08 Å². The Balaban J connectivity index is 1.86. The lowest BCUT2D eigenvalue weighted by Crippen LogP contribution is -2.16. The number of hydrogen-bond acceptors (Lipinski definition) is 3. The second-order valence-electron chi connectivity index (χ2n) is 4.04. The highest BCUT2D eigenvalue weighted by Crippen LogP contribution is 2.09. The second kappa shape index (κ2) is 6.89. The predicted octanol–water partition coefficient (Wildman–Crippen LogP) is 2.82. The molecule has 0 saturated carbocycles. The molecular weight excluding hydrogens is 252 g/mol. The van der Waals surface area contributed by atoms with Crippen molar-refractivity contribution >= 4 is 18.2 Å². The topological polar surface area (TPSA) is 61.7 Å². The molecule has 0 aliphatic heterocycles. The van der Waals surface area contributed by atoms with E-state index >= 15 is 0 Å². The molecule has 0 bridgehead atoms. The molecule has 0 aliphatic rings. The van der Waals surface area contributed by atoms with Crippen molar-refractivity contribution in [2.75, 3.05) is 0 Å². The first-order valence-corrected chi connectivity index (χ1v) is 6.10. The number of amides is 1. The van der Waals surface area contributed by atoms with Crippen LogP contribution in [0.3, 0.4) is 0 Å². The third kappa shape index (κ3) is 4.10. The molecule has 0 atom stereocenters. The molecule has 0 radical (unpaired) electrons. The van der Waals surface area contributed by atoms with Gasteiger partial charge < -0.3 is 5.11 Å². The summed E-state index contributed by atoms with van der Waals surface area (Å²) in [7, 11) is 0. The summed E-state index contributed by atoms with van der Waals surface area (Å²) in [6.45, 7) is 0. The van der Waals surface area contributed by atoms with Gasteiger partial charge >= 0.3 is 0 Å². The Morgan fingerprint density at radius 2 is 1.75 bits per heavy atom. The summed E-state index contributed by atoms with van der Waals surface area (Å²) < 4.78 is 0. The van der Waals surface area contributed by atoms with Crippen LogP contribution in [0.2, 0.25) is 0 Å². The van der Waals surface area contributed by atoms with Gasteiger partial charge in [0, 0.05) is 11.8 Å². The molecule has 2 N–H and O–H groups in total. The van der Waals surface area contributed by atoms with E-state index in [4.69, 9.17) is 5.11 Å². The number of hydrogen-bond donors (Lipinski definition) is 2. The third-order valence-corrected chi connectivity index (χ3v) is 2.54. The smallest absolute Gasteiger partial charge is 0.271 e. The number of phenolic OH excluding ortho intramolecular Hbond substituents is 1. The molecule has 0 heterocycles. The Morgan fingerprint density at radius 3 is 2.45 bits per heavy atom. The number of phenols is 1. The SMILES string of the molecule is O=C(N/N=C\C=C\c1ccccc1)c1ccc(O)cc1. The zero-order chi connectivity index (χ0) is 14.2. The Morgan fingerprint density at radius 1 is 1.05 bits per heavy atom. The van der Waals surface area contributed by atoms with Crippen LogP contribution in [-0.4, -0.2) is 17.2 Å². The van der Waals surface area contributed by atoms with Crippen molar-refractivity contribution in [3.05, 3.63) is 71.8 Å². The van der Waals surface area contributed by atoms with Gasteiger partial charge in [-0.25, -0.2) is 5.43 Å². The summed E-state index contributed by atoms with van der Waals surface area (Å²) in [4.78, 5) is 11.7. The molecule has 0 spiro atoms. The van der Waals surface area contributed by atoms with Crippen molar-refractivity contribution in [2.24, 2.45) is 5.10 Å². The fourth-order valence-electron chi connectivity index (χ4n) is 1.53. The van der Waals surface area contributed by atoms with E-state index in [1.807, 2.05) is 36.4 Å². The standard InChI is InChI=1S/C16H14N2O2/c19-15-10-8-14(9-11-15)16(20)18-17-12-4-7-13-5-2-1-3-6-13/h1-12,19H,(H,18,20)/b7-4+,17-12-. The van der Waals surface area contributed by atoms with E-state index in [0.717, 1.165) is 5.56 Å². The van der Waals surface area contributed by atoms with Crippen LogP contribution in [-0.2, 0) is 0 Å². The number of allylic oxidation sites excluding steroid dienone is 1. The molecule has 0 unspecified atom stereocenters. The minimum atomic E-state index is -0.325. The quantitative estimate of drug-likeness (QED) is 0.660. The van der Waals surface area contributed by atoms with E-state index < -0.39 is 0 Å². The van der Waals surface area contributed by atoms with Gasteiger partial charge in [-0.05, 0) is 35.9 Å². The lowest BCUT2D eigenvalue weighted by atomic mass is 10.2. The van der Waals surface area contributed by atoms with Crippen LogP contribution in [0.4, 0.5) is 0 Å². The van der Waals surface area contributed by atoms with Crippen molar-refractivity contribution in [3.8, 4) is 5.75 Å². The molecule has 0 aliphatic carbocycles. The van der Waals surface area contributed by atoms with E-state index in [9.17, 15) is 4.79 Å². The first-order chi connectivity index (χ1) is 9.75. The Labute approximate surface area is 117 Å². The number of carbonyl (C=O) groups excluding carboxylic acids is 1. The second-order valence-corrected chi connectivity index (χ2v) is 4.04. The van der Waals surface area contributed by atoms with Gasteiger partial charge in [-0.1, -0.05) is 36.4 Å². The molecule has 2 aromatic carbocycles. The monoisotopic (exact) mass is 266 g/mol. The fourth-order valence-corrected chi connectivity index (χ4v) is 1.53. The average molecular weight is 266 g/mol. The van der Waals surface area contributed by atoms with E-state index in [-0.39, 0.29) is 11.7 Å². The number of rotatable bonds is 4. The zero-order valence-corrected chi connectivity index (χ0v) is 10.7. The fraction of sp³-hybridized carbons (Fsp3) is 0. The molecule has 0 saturated heterocycles. The number of aromatic hydroxyl groups is 1. The van der Waals surface area contributed by atoms with E-state index in [2.05, 4.69) is 10.5 Å². The Bertz CT molecular complexity index is 617. The molecule has 0 aromatic heterocycles. The van der Waals surface area contributed by atoms with Crippen molar-refractivity contribution in [3.63, 3.8) is 0 Å². The van der Waals surface area contributed by atoms with Crippen LogP contribution >= 0.6 is 0 Å². The maximum absolute atomic E-state index is 11.7. The minimum Gasteiger partial charge on any atom is -0.508 e. The zero-order valence-electron chi connectivity index (χ0n) is 10.7. The molecule has 4 nitrogen and oxygen atoms in total. The average Bonchev–Trinajstić information content (AvgIpc) is 2.48. The van der Waals surface area contributed by atoms with Gasteiger partial charge in [0.1, 0.15) is 5.75 Å². The molecule has 20 heavy (non-hydrogen) atoms. The summed E-state index contributed by atoms with van der Waals surface area (Å²) >= 11 is 0. The van der Waals surface area contributed by atoms with Crippen LogP contribution in [0.1, 0.15) is 15.9 Å². The van der Waals surface area contributed by atoms with Gasteiger partial charge in [0.05, 0.1) is 0 Å². The normalized spacial score (nSPS) is 11.0. The van der Waals surface area contributed by atoms with E-state index in [1.54, 1.807) is 6.08 Å². The Kier molecular flexibility index (Phi) is 4.67. The minimum absolute atomic E-state index is 0.121.